The highest BCUT2D eigenvalue weighted by atomic mass is 16.3. The van der Waals surface area contributed by atoms with Crippen LogP contribution in [0.2, 0.25) is 0 Å². The van der Waals surface area contributed by atoms with E-state index in [9.17, 15) is 0 Å². The van der Waals surface area contributed by atoms with E-state index in [0.717, 1.165) is 45.7 Å². The van der Waals surface area contributed by atoms with Crippen LogP contribution in [0.3, 0.4) is 0 Å². The molecule has 0 saturated carbocycles. The van der Waals surface area contributed by atoms with E-state index in [2.05, 4.69) is 56.6 Å². The fourth-order valence-corrected chi connectivity index (χ4v) is 3.00. The minimum absolute atomic E-state index is 0.724. The molecule has 0 atom stereocenters. The summed E-state index contributed by atoms with van der Waals surface area (Å²) in [5, 5.41) is 1.05. The quantitative estimate of drug-likeness (QED) is 0.406. The van der Waals surface area contributed by atoms with Crippen LogP contribution >= 0.6 is 0 Å². The molecule has 1 aromatic heterocycles. The lowest BCUT2D eigenvalue weighted by Crippen LogP contribution is -2.14. The molecule has 0 bridgehead atoms. The van der Waals surface area contributed by atoms with Crippen LogP contribution in [-0.2, 0) is 0 Å². The molecule has 0 N–H and O–H groups in total. The molecule has 3 rings (SSSR count). The second-order valence-electron chi connectivity index (χ2n) is 5.64. The molecule has 0 unspecified atom stereocenters. The van der Waals surface area contributed by atoms with E-state index in [-0.39, 0.29) is 0 Å². The Kier molecular flexibility index (Phi) is 7.01. The smallest absolute Gasteiger partial charge is 0.143 e. The number of furan rings is 1. The number of rotatable bonds is 7. The van der Waals surface area contributed by atoms with Crippen molar-refractivity contribution in [2.45, 2.75) is 13.8 Å². The average Bonchev–Trinajstić information content (AvgIpc) is 3.11. The zero-order valence-electron chi connectivity index (χ0n) is 16.2. The van der Waals surface area contributed by atoms with Crippen molar-refractivity contribution in [3.8, 4) is 11.1 Å². The highest BCUT2D eigenvalue weighted by molar-refractivity contribution is 5.99. The summed E-state index contributed by atoms with van der Waals surface area (Å²) in [5.74, 6) is 0.748. The van der Waals surface area contributed by atoms with Crippen molar-refractivity contribution in [3.63, 3.8) is 0 Å². The van der Waals surface area contributed by atoms with Gasteiger partial charge in [-0.15, -0.1) is 6.58 Å². The van der Waals surface area contributed by atoms with Gasteiger partial charge >= 0.3 is 0 Å². The lowest BCUT2D eigenvalue weighted by molar-refractivity contribution is 0.604. The Labute approximate surface area is 162 Å². The number of para-hydroxylation sites is 1. The molecule has 138 valence electrons. The number of hydrogen-bond acceptors (Lipinski definition) is 2. The van der Waals surface area contributed by atoms with Crippen LogP contribution in [0.5, 0.6) is 0 Å². The molecule has 3 aromatic rings. The Bertz CT molecular complexity index is 944. The summed E-state index contributed by atoms with van der Waals surface area (Å²) in [6, 6.07) is 14.5. The molecule has 2 heteroatoms. The second kappa shape index (κ2) is 9.44. The van der Waals surface area contributed by atoms with Gasteiger partial charge in [0.2, 0.25) is 0 Å². The first-order valence-corrected chi connectivity index (χ1v) is 9.14. The van der Waals surface area contributed by atoms with Crippen LogP contribution in [0.15, 0.2) is 85.5 Å². The van der Waals surface area contributed by atoms with Crippen LogP contribution in [0.1, 0.15) is 25.2 Å². The predicted molar refractivity (Wildman–Crippen MR) is 121 cm³/mol. The van der Waals surface area contributed by atoms with Crippen LogP contribution in [0.25, 0.3) is 34.2 Å². The van der Waals surface area contributed by atoms with Crippen molar-refractivity contribution in [1.82, 2.24) is 0 Å². The normalized spacial score (nSPS) is 9.85. The van der Waals surface area contributed by atoms with Gasteiger partial charge in [0.1, 0.15) is 11.3 Å². The lowest BCUT2D eigenvalue weighted by Gasteiger charge is -2.18. The number of benzene rings is 2. The monoisotopic (exact) mass is 357 g/mol. The minimum Gasteiger partial charge on any atom is -0.455 e. The van der Waals surface area contributed by atoms with Crippen LogP contribution < -0.4 is 4.90 Å². The first-order valence-electron chi connectivity index (χ1n) is 9.14. The van der Waals surface area contributed by atoms with E-state index in [1.165, 1.54) is 0 Å². The third kappa shape index (κ3) is 3.95. The van der Waals surface area contributed by atoms with Gasteiger partial charge in [0.25, 0.3) is 0 Å². The molecule has 0 radical (unpaired) electrons. The molecule has 0 spiro atoms. The fraction of sp³-hybridized carbons (Fsp3) is 0.120. The Balaban J connectivity index is 0.00000126. The molecular weight excluding hydrogens is 330 g/mol. The maximum atomic E-state index is 6.03. The second-order valence-corrected chi connectivity index (χ2v) is 5.64. The van der Waals surface area contributed by atoms with Gasteiger partial charge in [0.15, 0.2) is 0 Å². The van der Waals surface area contributed by atoms with Crippen molar-refractivity contribution < 1.29 is 4.42 Å². The average molecular weight is 357 g/mol. The van der Waals surface area contributed by atoms with Crippen LogP contribution in [-0.4, -0.2) is 6.54 Å². The predicted octanol–water partition coefficient (Wildman–Crippen LogP) is 7.55. The van der Waals surface area contributed by atoms with Gasteiger partial charge in [-0.2, -0.15) is 0 Å². The van der Waals surface area contributed by atoms with E-state index >= 15 is 0 Å². The first kappa shape index (κ1) is 20.1. The molecular formula is C25H27NO. The summed E-state index contributed by atoms with van der Waals surface area (Å²) in [6.45, 7) is 20.1. The first-order chi connectivity index (χ1) is 13.2. The molecule has 0 amide bonds. The Morgan fingerprint density at radius 2 is 1.63 bits per heavy atom. The molecule has 27 heavy (non-hydrogen) atoms. The number of anilines is 1. The minimum atomic E-state index is 0.724. The summed E-state index contributed by atoms with van der Waals surface area (Å²) in [5.41, 5.74) is 5.05. The Morgan fingerprint density at radius 1 is 0.926 bits per heavy atom. The maximum Gasteiger partial charge on any atom is 0.143 e. The fourth-order valence-electron chi connectivity index (χ4n) is 3.00. The summed E-state index contributed by atoms with van der Waals surface area (Å²) in [4.78, 5) is 2.04. The molecule has 0 fully saturated rings. The molecule has 0 aliphatic carbocycles. The molecule has 0 aliphatic heterocycles. The summed E-state index contributed by atoms with van der Waals surface area (Å²) in [7, 11) is 0. The maximum absolute atomic E-state index is 6.03. The van der Waals surface area contributed by atoms with Gasteiger partial charge in [0.05, 0.1) is 0 Å². The van der Waals surface area contributed by atoms with Crippen molar-refractivity contribution in [2.75, 3.05) is 11.4 Å². The lowest BCUT2D eigenvalue weighted by atomic mass is 10.0. The van der Waals surface area contributed by atoms with Crippen molar-refractivity contribution in [2.24, 2.45) is 0 Å². The van der Waals surface area contributed by atoms with Crippen molar-refractivity contribution in [3.05, 3.63) is 92.4 Å². The topological polar surface area (TPSA) is 16.4 Å². The van der Waals surface area contributed by atoms with E-state index in [4.69, 9.17) is 4.42 Å². The Hall–Kier alpha value is -3.26. The zero-order valence-corrected chi connectivity index (χ0v) is 16.2. The van der Waals surface area contributed by atoms with E-state index in [0.29, 0.717) is 0 Å². The SMILES string of the molecule is C=CCN(C=C)c1ccc(-c2cccc3c(C=C)c(C=C)oc23)cc1.CC. The third-order valence-corrected chi connectivity index (χ3v) is 4.23. The Morgan fingerprint density at radius 3 is 2.19 bits per heavy atom. The molecule has 0 saturated heterocycles. The molecule has 1 heterocycles. The largest absolute Gasteiger partial charge is 0.455 e. The van der Waals surface area contributed by atoms with Gasteiger partial charge in [-0.3, -0.25) is 0 Å². The number of fused-ring (bicyclic) bond motifs is 1. The highest BCUT2D eigenvalue weighted by Gasteiger charge is 2.14. The standard InChI is InChI=1S/C23H21NO.C2H6/c1-5-16-24(8-4)18-14-12-17(13-15-18)20-10-9-11-21-19(6-2)22(7-3)25-23(20)21;1-2/h5-15H,1-4,16H2;1-2H3. The third-order valence-electron chi connectivity index (χ3n) is 4.23. The summed E-state index contributed by atoms with van der Waals surface area (Å²) >= 11 is 0. The van der Waals surface area contributed by atoms with Gasteiger partial charge < -0.3 is 9.32 Å². The van der Waals surface area contributed by atoms with Crippen molar-refractivity contribution in [1.29, 1.82) is 0 Å². The van der Waals surface area contributed by atoms with E-state index in [1.807, 2.05) is 43.0 Å². The van der Waals surface area contributed by atoms with Crippen LogP contribution in [0.4, 0.5) is 5.69 Å². The zero-order chi connectivity index (χ0) is 19.8. The number of nitrogens with zero attached hydrogens (tertiary/aromatic N) is 1. The van der Waals surface area contributed by atoms with Gasteiger partial charge in [0, 0.05) is 28.7 Å². The van der Waals surface area contributed by atoms with E-state index < -0.39 is 0 Å². The van der Waals surface area contributed by atoms with Crippen molar-refractivity contribution >= 4 is 28.8 Å². The highest BCUT2D eigenvalue weighted by Crippen LogP contribution is 2.35. The molecule has 0 aliphatic rings. The van der Waals surface area contributed by atoms with Crippen LogP contribution in [0, 0.1) is 0 Å². The summed E-state index contributed by atoms with van der Waals surface area (Å²) in [6.07, 6.45) is 7.19. The van der Waals surface area contributed by atoms with Gasteiger partial charge in [-0.05, 0) is 30.0 Å². The number of hydrogen-bond donors (Lipinski definition) is 0. The molecule has 2 aromatic carbocycles. The van der Waals surface area contributed by atoms with E-state index in [1.54, 1.807) is 12.3 Å². The molecule has 2 nitrogen and oxygen atoms in total. The summed E-state index contributed by atoms with van der Waals surface area (Å²) < 4.78 is 6.03. The van der Waals surface area contributed by atoms with Gasteiger partial charge in [-0.25, -0.2) is 0 Å². The van der Waals surface area contributed by atoms with Gasteiger partial charge in [-0.1, -0.05) is 76.1 Å².